The molecule has 0 radical (unpaired) electrons. The van der Waals surface area contributed by atoms with E-state index in [0.29, 0.717) is 11.5 Å². The van der Waals surface area contributed by atoms with Crippen molar-refractivity contribution in [1.82, 2.24) is 0 Å². The van der Waals surface area contributed by atoms with Crippen LogP contribution in [0.2, 0.25) is 0 Å². The smallest absolute Gasteiger partial charge is 0.216 e. The van der Waals surface area contributed by atoms with E-state index in [-0.39, 0.29) is 5.12 Å². The minimum atomic E-state index is 0.0305. The monoisotopic (exact) mass is 244 g/mol. The lowest BCUT2D eigenvalue weighted by Gasteiger charge is -2.03. The van der Waals surface area contributed by atoms with E-state index in [2.05, 4.69) is 13.5 Å². The Bertz CT molecular complexity index is 202. The fraction of sp³-hybridized carbons (Fsp3) is 0.769. The highest BCUT2D eigenvalue weighted by Gasteiger charge is 2.01. The first-order valence-corrected chi connectivity index (χ1v) is 7.07. The molecule has 0 aromatic rings. The molecule has 94 valence electrons. The summed E-state index contributed by atoms with van der Waals surface area (Å²) in [4.78, 5) is 11.1. The molecule has 0 fully saturated rings. The van der Waals surface area contributed by atoms with E-state index in [0.717, 1.165) is 13.0 Å². The first-order chi connectivity index (χ1) is 7.68. The lowest BCUT2D eigenvalue weighted by Crippen LogP contribution is -1.99. The van der Waals surface area contributed by atoms with E-state index in [9.17, 15) is 4.79 Å². The lowest BCUT2D eigenvalue weighted by atomic mass is 10.1. The second kappa shape index (κ2) is 11.2. The van der Waals surface area contributed by atoms with Gasteiger partial charge < -0.3 is 4.74 Å². The highest BCUT2D eigenvalue weighted by atomic mass is 32.2. The maximum absolute atomic E-state index is 11.1. The van der Waals surface area contributed by atoms with Gasteiger partial charge in [-0.1, -0.05) is 57.4 Å². The zero-order valence-corrected chi connectivity index (χ0v) is 11.4. The first-order valence-electron chi connectivity index (χ1n) is 6.08. The van der Waals surface area contributed by atoms with Gasteiger partial charge in [0.2, 0.25) is 5.12 Å². The Morgan fingerprint density at radius 1 is 1.19 bits per heavy atom. The van der Waals surface area contributed by atoms with Crippen LogP contribution in [0.5, 0.6) is 0 Å². The van der Waals surface area contributed by atoms with Gasteiger partial charge in [-0.15, -0.1) is 0 Å². The van der Waals surface area contributed by atoms with Gasteiger partial charge in [0.15, 0.2) is 0 Å². The fourth-order valence-corrected chi connectivity index (χ4v) is 1.82. The van der Waals surface area contributed by atoms with Crippen LogP contribution in [0.15, 0.2) is 12.2 Å². The third kappa shape index (κ3) is 10.2. The summed E-state index contributed by atoms with van der Waals surface area (Å²) in [6, 6.07) is 0. The van der Waals surface area contributed by atoms with Crippen molar-refractivity contribution in [2.45, 2.75) is 52.4 Å². The minimum absolute atomic E-state index is 0.0305. The van der Waals surface area contributed by atoms with Gasteiger partial charge in [0.25, 0.3) is 0 Å². The van der Waals surface area contributed by atoms with Gasteiger partial charge in [-0.05, 0) is 18.9 Å². The number of unbranched alkanes of at least 4 members (excludes halogenated alkanes) is 5. The molecule has 0 aliphatic heterocycles. The van der Waals surface area contributed by atoms with Crippen molar-refractivity contribution in [2.75, 3.05) is 12.5 Å². The molecule has 0 atom stereocenters. The Balaban J connectivity index is 3.10. The molecule has 0 bridgehead atoms. The van der Waals surface area contributed by atoms with Crippen LogP contribution >= 0.6 is 11.8 Å². The Morgan fingerprint density at radius 3 is 2.44 bits per heavy atom. The Morgan fingerprint density at radius 2 is 1.81 bits per heavy atom. The quantitative estimate of drug-likeness (QED) is 0.328. The number of carbonyl (C=O) groups is 1. The van der Waals surface area contributed by atoms with Crippen LogP contribution < -0.4 is 0 Å². The van der Waals surface area contributed by atoms with Crippen LogP contribution in [-0.4, -0.2) is 17.7 Å². The molecule has 0 amide bonds. The third-order valence-corrected chi connectivity index (χ3v) is 3.16. The van der Waals surface area contributed by atoms with Crippen molar-refractivity contribution in [3.63, 3.8) is 0 Å². The summed E-state index contributed by atoms with van der Waals surface area (Å²) in [5.74, 6) is 0.459. The van der Waals surface area contributed by atoms with E-state index in [1.807, 2.05) is 0 Å². The van der Waals surface area contributed by atoms with Gasteiger partial charge >= 0.3 is 0 Å². The van der Waals surface area contributed by atoms with E-state index >= 15 is 0 Å². The van der Waals surface area contributed by atoms with Crippen molar-refractivity contribution in [3.05, 3.63) is 12.2 Å². The van der Waals surface area contributed by atoms with Crippen LogP contribution in [0.3, 0.4) is 0 Å². The highest BCUT2D eigenvalue weighted by molar-refractivity contribution is 8.14. The van der Waals surface area contributed by atoms with Crippen LogP contribution in [0.25, 0.3) is 0 Å². The van der Waals surface area contributed by atoms with Crippen molar-refractivity contribution in [3.8, 4) is 0 Å². The van der Waals surface area contributed by atoms with Crippen LogP contribution in [-0.2, 0) is 9.53 Å². The van der Waals surface area contributed by atoms with Crippen LogP contribution in [0.4, 0.5) is 0 Å². The van der Waals surface area contributed by atoms with Crippen molar-refractivity contribution in [2.24, 2.45) is 0 Å². The highest BCUT2D eigenvalue weighted by Crippen LogP contribution is 2.09. The maximum Gasteiger partial charge on any atom is 0.216 e. The summed E-state index contributed by atoms with van der Waals surface area (Å²) in [6.45, 7) is 8.30. The average molecular weight is 244 g/mol. The molecule has 2 nitrogen and oxygen atoms in total. The first kappa shape index (κ1) is 15.7. The molecule has 0 heterocycles. The van der Waals surface area contributed by atoms with Crippen molar-refractivity contribution < 1.29 is 9.53 Å². The number of hydrogen-bond donors (Lipinski definition) is 0. The van der Waals surface area contributed by atoms with E-state index in [1.54, 1.807) is 6.92 Å². The van der Waals surface area contributed by atoms with Gasteiger partial charge in [0.1, 0.15) is 0 Å². The summed E-state index contributed by atoms with van der Waals surface area (Å²) in [5, 5.41) is 0.0305. The van der Waals surface area contributed by atoms with Crippen LogP contribution in [0.1, 0.15) is 52.4 Å². The normalized spacial score (nSPS) is 10.4. The summed E-state index contributed by atoms with van der Waals surface area (Å²) in [5.41, 5.74) is 0.591. The van der Waals surface area contributed by atoms with Gasteiger partial charge in [-0.2, -0.15) is 0 Å². The van der Waals surface area contributed by atoms with E-state index in [1.165, 1.54) is 43.9 Å². The number of rotatable bonds is 10. The fourth-order valence-electron chi connectivity index (χ4n) is 1.26. The summed E-state index contributed by atoms with van der Waals surface area (Å²) < 4.78 is 5.36. The van der Waals surface area contributed by atoms with E-state index < -0.39 is 0 Å². The summed E-state index contributed by atoms with van der Waals surface area (Å²) >= 11 is 1.20. The third-order valence-electron chi connectivity index (χ3n) is 2.26. The van der Waals surface area contributed by atoms with Crippen molar-refractivity contribution in [1.29, 1.82) is 0 Å². The zero-order valence-electron chi connectivity index (χ0n) is 10.6. The molecule has 0 saturated heterocycles. The average Bonchev–Trinajstić information content (AvgIpc) is 2.26. The molecule has 3 heteroatoms. The van der Waals surface area contributed by atoms with Gasteiger partial charge in [-0.25, -0.2) is 0 Å². The van der Waals surface area contributed by atoms with Crippen molar-refractivity contribution >= 4 is 16.9 Å². The standard InChI is InChI=1S/C13H24O2S/c1-4-5-6-7-8-9-10-15-11-16-13(14)12(2)3/h2,4-11H2,1,3H3. The molecule has 0 unspecified atom stereocenters. The predicted octanol–water partition coefficient (Wildman–Crippen LogP) is 4.16. The second-order valence-corrected chi connectivity index (χ2v) is 4.90. The molecule has 0 rings (SSSR count). The molecule has 0 N–H and O–H groups in total. The summed E-state index contributed by atoms with van der Waals surface area (Å²) in [6.07, 6.45) is 7.60. The lowest BCUT2D eigenvalue weighted by molar-refractivity contribution is -0.107. The largest absolute Gasteiger partial charge is 0.370 e. The zero-order chi connectivity index (χ0) is 12.2. The number of ether oxygens (including phenoxy) is 1. The molecule has 0 aliphatic carbocycles. The molecule has 16 heavy (non-hydrogen) atoms. The van der Waals surface area contributed by atoms with Crippen LogP contribution in [0, 0.1) is 0 Å². The predicted molar refractivity (Wildman–Crippen MR) is 71.6 cm³/mol. The van der Waals surface area contributed by atoms with Gasteiger partial charge in [-0.3, -0.25) is 4.79 Å². The molecule has 0 spiro atoms. The number of thioether (sulfide) groups is 1. The minimum Gasteiger partial charge on any atom is -0.370 e. The summed E-state index contributed by atoms with van der Waals surface area (Å²) in [7, 11) is 0. The molecule has 0 saturated carbocycles. The maximum atomic E-state index is 11.1. The molecule has 0 aliphatic rings. The second-order valence-electron chi connectivity index (χ2n) is 4.01. The molecular formula is C13H24O2S. The Labute approximate surface area is 104 Å². The molecule has 0 aromatic heterocycles. The Hall–Kier alpha value is -0.280. The number of carbonyl (C=O) groups excluding carboxylic acids is 1. The topological polar surface area (TPSA) is 26.3 Å². The van der Waals surface area contributed by atoms with Gasteiger partial charge in [0, 0.05) is 6.61 Å². The SMILES string of the molecule is C=C(C)C(=O)SCOCCCCCCCC. The van der Waals surface area contributed by atoms with Gasteiger partial charge in [0.05, 0.1) is 5.94 Å². The molecule has 0 aromatic carbocycles. The molecular weight excluding hydrogens is 220 g/mol. The van der Waals surface area contributed by atoms with E-state index in [4.69, 9.17) is 4.74 Å². The Kier molecular flexibility index (Phi) is 11.0. The number of hydrogen-bond acceptors (Lipinski definition) is 3.